The summed E-state index contributed by atoms with van der Waals surface area (Å²) in [6.45, 7) is 0. The molecule has 2 nitrogen and oxygen atoms in total. The van der Waals surface area contributed by atoms with Gasteiger partial charge in [-0.1, -0.05) is 24.3 Å². The van der Waals surface area contributed by atoms with Gasteiger partial charge in [0, 0.05) is 5.56 Å². The van der Waals surface area contributed by atoms with Crippen molar-refractivity contribution in [2.45, 2.75) is 12.6 Å². The Morgan fingerprint density at radius 3 is 2.43 bits per heavy atom. The fraction of sp³-hybridized carbons (Fsp3) is 0.188. The smallest absolute Gasteiger partial charge is 0.416 e. The molecule has 0 saturated heterocycles. The zero-order valence-corrected chi connectivity index (χ0v) is 11.2. The Morgan fingerprint density at radius 2 is 1.81 bits per heavy atom. The van der Waals surface area contributed by atoms with Gasteiger partial charge < -0.3 is 4.74 Å². The Balaban J connectivity index is 2.45. The van der Waals surface area contributed by atoms with Crippen LogP contribution in [-0.4, -0.2) is 7.11 Å². The second-order valence-corrected chi connectivity index (χ2v) is 4.44. The van der Waals surface area contributed by atoms with E-state index in [2.05, 4.69) is 0 Å². The van der Waals surface area contributed by atoms with E-state index < -0.39 is 11.7 Å². The van der Waals surface area contributed by atoms with Gasteiger partial charge in [-0.2, -0.15) is 18.4 Å². The number of hydrogen-bond donors (Lipinski definition) is 0. The van der Waals surface area contributed by atoms with E-state index >= 15 is 0 Å². The highest BCUT2D eigenvalue weighted by molar-refractivity contribution is 5.67. The summed E-state index contributed by atoms with van der Waals surface area (Å²) in [6, 6.07) is 12.1. The van der Waals surface area contributed by atoms with Crippen LogP contribution in [-0.2, 0) is 12.6 Å². The predicted molar refractivity (Wildman–Crippen MR) is 72.7 cm³/mol. The molecule has 0 amide bonds. The molecule has 0 radical (unpaired) electrons. The Labute approximate surface area is 120 Å². The van der Waals surface area contributed by atoms with Gasteiger partial charge >= 0.3 is 6.18 Å². The molecule has 0 aliphatic heterocycles. The summed E-state index contributed by atoms with van der Waals surface area (Å²) in [6.07, 6.45) is -4.19. The molecule has 2 aromatic carbocycles. The van der Waals surface area contributed by atoms with E-state index in [1.54, 1.807) is 24.3 Å². The number of methoxy groups -OCH3 is 1. The van der Waals surface area contributed by atoms with Gasteiger partial charge in [-0.05, 0) is 29.3 Å². The van der Waals surface area contributed by atoms with Gasteiger partial charge in [-0.3, -0.25) is 0 Å². The Morgan fingerprint density at radius 1 is 1.10 bits per heavy atom. The van der Waals surface area contributed by atoms with Gasteiger partial charge in [0.25, 0.3) is 0 Å². The van der Waals surface area contributed by atoms with Crippen LogP contribution in [0.2, 0.25) is 0 Å². The number of rotatable bonds is 3. The lowest BCUT2D eigenvalue weighted by Gasteiger charge is -2.11. The fourth-order valence-electron chi connectivity index (χ4n) is 2.03. The molecule has 0 aliphatic rings. The van der Waals surface area contributed by atoms with E-state index in [-0.39, 0.29) is 6.42 Å². The summed E-state index contributed by atoms with van der Waals surface area (Å²) in [5.74, 6) is 0.492. The molecule has 0 heterocycles. The van der Waals surface area contributed by atoms with Crippen LogP contribution in [0.25, 0.3) is 11.1 Å². The lowest BCUT2D eigenvalue weighted by Crippen LogP contribution is -2.04. The Hall–Kier alpha value is -2.48. The van der Waals surface area contributed by atoms with E-state index in [4.69, 9.17) is 10.00 Å². The van der Waals surface area contributed by atoms with Gasteiger partial charge in [0.15, 0.2) is 0 Å². The van der Waals surface area contributed by atoms with Gasteiger partial charge in [-0.25, -0.2) is 0 Å². The maximum atomic E-state index is 12.7. The SMILES string of the molecule is COc1cc(-c2cccc(C(F)(F)F)c2)ccc1CC#N. The van der Waals surface area contributed by atoms with Crippen LogP contribution in [0.15, 0.2) is 42.5 Å². The van der Waals surface area contributed by atoms with Crippen LogP contribution in [0, 0.1) is 11.3 Å². The minimum Gasteiger partial charge on any atom is -0.496 e. The highest BCUT2D eigenvalue weighted by Gasteiger charge is 2.30. The molecule has 5 heteroatoms. The first kappa shape index (κ1) is 14.9. The first-order valence-electron chi connectivity index (χ1n) is 6.17. The third-order valence-electron chi connectivity index (χ3n) is 3.08. The summed E-state index contributed by atoms with van der Waals surface area (Å²) >= 11 is 0. The number of benzene rings is 2. The van der Waals surface area contributed by atoms with Gasteiger partial charge in [0.2, 0.25) is 0 Å². The summed E-state index contributed by atoms with van der Waals surface area (Å²) in [5.41, 5.74) is 1.07. The lowest BCUT2D eigenvalue weighted by molar-refractivity contribution is -0.137. The van der Waals surface area contributed by atoms with Crippen LogP contribution in [0.4, 0.5) is 13.2 Å². The van der Waals surface area contributed by atoms with Gasteiger partial charge in [0.1, 0.15) is 5.75 Å². The molecule has 0 N–H and O–H groups in total. The van der Waals surface area contributed by atoms with Crippen molar-refractivity contribution in [3.05, 3.63) is 53.6 Å². The van der Waals surface area contributed by atoms with Gasteiger partial charge in [0.05, 0.1) is 25.2 Å². The third kappa shape index (κ3) is 3.34. The number of ether oxygens (including phenoxy) is 1. The number of nitriles is 1. The first-order valence-corrected chi connectivity index (χ1v) is 6.17. The molecule has 2 aromatic rings. The number of hydrogen-bond acceptors (Lipinski definition) is 2. The molecule has 0 saturated carbocycles. The van der Waals surface area contributed by atoms with Crippen molar-refractivity contribution >= 4 is 0 Å². The molecule has 0 atom stereocenters. The Kier molecular flexibility index (Phi) is 4.18. The van der Waals surface area contributed by atoms with E-state index in [1.807, 2.05) is 6.07 Å². The summed E-state index contributed by atoms with van der Waals surface area (Å²) < 4.78 is 43.4. The minimum absolute atomic E-state index is 0.187. The topological polar surface area (TPSA) is 33.0 Å². The average Bonchev–Trinajstić information content (AvgIpc) is 2.47. The molecule has 2 rings (SSSR count). The number of nitrogens with zero attached hydrogens (tertiary/aromatic N) is 1. The Bertz CT molecular complexity index is 687. The van der Waals surface area contributed by atoms with Crippen LogP contribution < -0.4 is 4.74 Å². The monoisotopic (exact) mass is 291 g/mol. The highest BCUT2D eigenvalue weighted by atomic mass is 19.4. The quantitative estimate of drug-likeness (QED) is 0.837. The number of halogens is 3. The van der Waals surface area contributed by atoms with Crippen LogP contribution in [0.3, 0.4) is 0 Å². The molecular formula is C16H12F3NO. The molecule has 0 aliphatic carbocycles. The molecule has 0 spiro atoms. The second kappa shape index (κ2) is 5.88. The van der Waals surface area contributed by atoms with Crippen LogP contribution in [0.1, 0.15) is 11.1 Å². The van der Waals surface area contributed by atoms with Gasteiger partial charge in [-0.15, -0.1) is 0 Å². The predicted octanol–water partition coefficient (Wildman–Crippen LogP) is 4.45. The van der Waals surface area contributed by atoms with Crippen molar-refractivity contribution in [1.82, 2.24) is 0 Å². The van der Waals surface area contributed by atoms with Crippen molar-refractivity contribution in [1.29, 1.82) is 5.26 Å². The highest BCUT2D eigenvalue weighted by Crippen LogP contribution is 2.33. The zero-order valence-electron chi connectivity index (χ0n) is 11.2. The van der Waals surface area contributed by atoms with Crippen LogP contribution >= 0.6 is 0 Å². The maximum absolute atomic E-state index is 12.7. The second-order valence-electron chi connectivity index (χ2n) is 4.44. The molecule has 0 aromatic heterocycles. The van der Waals surface area contributed by atoms with Crippen molar-refractivity contribution in [2.75, 3.05) is 7.11 Å². The van der Waals surface area contributed by atoms with Crippen molar-refractivity contribution in [2.24, 2.45) is 0 Å². The van der Waals surface area contributed by atoms with E-state index in [0.717, 1.165) is 12.1 Å². The molecule has 21 heavy (non-hydrogen) atoms. The molecule has 0 fully saturated rings. The largest absolute Gasteiger partial charge is 0.496 e. The molecule has 108 valence electrons. The third-order valence-corrected chi connectivity index (χ3v) is 3.08. The van der Waals surface area contributed by atoms with E-state index in [1.165, 1.54) is 13.2 Å². The lowest BCUT2D eigenvalue weighted by atomic mass is 10.00. The first-order chi connectivity index (χ1) is 9.95. The molecule has 0 unspecified atom stereocenters. The average molecular weight is 291 g/mol. The maximum Gasteiger partial charge on any atom is 0.416 e. The molecule has 0 bridgehead atoms. The summed E-state index contributed by atoms with van der Waals surface area (Å²) in [4.78, 5) is 0. The van der Waals surface area contributed by atoms with Crippen LogP contribution in [0.5, 0.6) is 5.75 Å². The van der Waals surface area contributed by atoms with Crippen molar-refractivity contribution in [3.8, 4) is 22.9 Å². The fourth-order valence-corrected chi connectivity index (χ4v) is 2.03. The summed E-state index contributed by atoms with van der Waals surface area (Å²) in [5, 5.41) is 8.72. The standard InChI is InChI=1S/C16H12F3NO/c1-21-15-10-13(6-5-11(15)7-8-20)12-3-2-4-14(9-12)16(17,18)19/h2-6,9-10H,7H2,1H3. The van der Waals surface area contributed by atoms with E-state index in [9.17, 15) is 13.2 Å². The summed E-state index contributed by atoms with van der Waals surface area (Å²) in [7, 11) is 1.46. The van der Waals surface area contributed by atoms with Crippen molar-refractivity contribution < 1.29 is 17.9 Å². The minimum atomic E-state index is -4.37. The van der Waals surface area contributed by atoms with Crippen molar-refractivity contribution in [3.63, 3.8) is 0 Å². The zero-order chi connectivity index (χ0) is 15.5. The normalized spacial score (nSPS) is 11.0. The number of alkyl halides is 3. The van der Waals surface area contributed by atoms with E-state index in [0.29, 0.717) is 22.4 Å². The molecular weight excluding hydrogens is 279 g/mol.